The minimum absolute atomic E-state index is 0.197. The number of aliphatic hydroxyl groups is 1. The number of allylic oxidation sites excluding steroid dienone is 4. The summed E-state index contributed by atoms with van der Waals surface area (Å²) in [4.78, 5) is 2.62. The SMILES string of the molecule is C/C=C\C1=C(/C=C(\C)c2cnn(C)c2)[C@@H](CO)CCN1C(CCC)CCCC. The van der Waals surface area contributed by atoms with Crippen molar-refractivity contribution in [3.05, 3.63) is 47.5 Å². The normalized spacial score (nSPS) is 19.7. The van der Waals surface area contributed by atoms with Gasteiger partial charge in [-0.25, -0.2) is 0 Å². The number of rotatable bonds is 10. The van der Waals surface area contributed by atoms with E-state index < -0.39 is 0 Å². The van der Waals surface area contributed by atoms with E-state index in [9.17, 15) is 5.11 Å². The highest BCUT2D eigenvalue weighted by atomic mass is 16.3. The molecule has 0 aromatic carbocycles. The highest BCUT2D eigenvalue weighted by Crippen LogP contribution is 2.34. The van der Waals surface area contributed by atoms with Crippen molar-refractivity contribution in [2.45, 2.75) is 72.3 Å². The zero-order valence-electron chi connectivity index (χ0n) is 18.5. The van der Waals surface area contributed by atoms with Crippen molar-refractivity contribution in [2.75, 3.05) is 13.2 Å². The zero-order chi connectivity index (χ0) is 20.5. The quantitative estimate of drug-likeness (QED) is 0.592. The van der Waals surface area contributed by atoms with Crippen molar-refractivity contribution in [1.82, 2.24) is 14.7 Å². The number of hydrogen-bond acceptors (Lipinski definition) is 3. The van der Waals surface area contributed by atoms with Crippen LogP contribution in [0.3, 0.4) is 0 Å². The van der Waals surface area contributed by atoms with Crippen molar-refractivity contribution in [3.8, 4) is 0 Å². The number of unbranched alkanes of at least 4 members (excludes halogenated alkanes) is 1. The van der Waals surface area contributed by atoms with Gasteiger partial charge in [-0.15, -0.1) is 0 Å². The van der Waals surface area contributed by atoms with Gasteiger partial charge in [0.15, 0.2) is 0 Å². The maximum atomic E-state index is 10.1. The molecule has 0 bridgehead atoms. The molecule has 4 nitrogen and oxygen atoms in total. The molecule has 2 atom stereocenters. The molecule has 0 saturated heterocycles. The van der Waals surface area contributed by atoms with Gasteiger partial charge in [0.05, 0.1) is 12.8 Å². The molecule has 1 aromatic rings. The van der Waals surface area contributed by atoms with E-state index in [2.05, 4.69) is 62.1 Å². The Balaban J connectivity index is 2.48. The molecular weight excluding hydrogens is 346 g/mol. The second kappa shape index (κ2) is 11.3. The van der Waals surface area contributed by atoms with Gasteiger partial charge in [0.25, 0.3) is 0 Å². The lowest BCUT2D eigenvalue weighted by molar-refractivity contribution is 0.169. The summed E-state index contributed by atoms with van der Waals surface area (Å²) >= 11 is 0. The molecule has 1 aromatic heterocycles. The average molecular weight is 386 g/mol. The molecule has 1 unspecified atom stereocenters. The topological polar surface area (TPSA) is 41.3 Å². The minimum atomic E-state index is 0.197. The van der Waals surface area contributed by atoms with Crippen LogP contribution in [-0.4, -0.2) is 39.0 Å². The van der Waals surface area contributed by atoms with Crippen molar-refractivity contribution in [2.24, 2.45) is 13.0 Å². The Bertz CT molecular complexity index is 698. The van der Waals surface area contributed by atoms with Gasteiger partial charge in [0.1, 0.15) is 0 Å². The Kier molecular flexibility index (Phi) is 9.04. The Morgan fingerprint density at radius 2 is 2.11 bits per heavy atom. The fourth-order valence-electron chi connectivity index (χ4n) is 4.23. The molecular formula is C24H39N3O. The van der Waals surface area contributed by atoms with Crippen LogP contribution in [0.2, 0.25) is 0 Å². The third kappa shape index (κ3) is 5.60. The third-order valence-electron chi connectivity index (χ3n) is 5.79. The van der Waals surface area contributed by atoms with Crippen molar-refractivity contribution >= 4 is 5.57 Å². The number of nitrogens with zero attached hydrogens (tertiary/aromatic N) is 3. The summed E-state index contributed by atoms with van der Waals surface area (Å²) in [6.07, 6.45) is 17.8. The van der Waals surface area contributed by atoms with Gasteiger partial charge >= 0.3 is 0 Å². The summed E-state index contributed by atoms with van der Waals surface area (Å²) in [5, 5.41) is 14.4. The van der Waals surface area contributed by atoms with Crippen LogP contribution in [0.5, 0.6) is 0 Å². The van der Waals surface area contributed by atoms with Crippen molar-refractivity contribution < 1.29 is 5.11 Å². The Morgan fingerprint density at radius 1 is 1.32 bits per heavy atom. The maximum absolute atomic E-state index is 10.1. The van der Waals surface area contributed by atoms with Crippen LogP contribution in [0, 0.1) is 5.92 Å². The standard InChI is InChI=1S/C24H39N3O/c1-6-9-12-22(10-7-2)27-14-13-20(18-28)23(24(27)11-8-3)15-19(4)21-16-25-26(5)17-21/h8,11,15-17,20,22,28H,6-7,9-10,12-14,18H2,1-5H3/b11-8-,19-15+/t20-,22?/m1/s1. The number of aromatic nitrogens is 2. The average Bonchev–Trinajstić information content (AvgIpc) is 3.13. The second-order valence-corrected chi connectivity index (χ2v) is 8.02. The summed E-state index contributed by atoms with van der Waals surface area (Å²) in [6, 6.07) is 0.581. The van der Waals surface area contributed by atoms with E-state index in [0.29, 0.717) is 6.04 Å². The summed E-state index contributed by atoms with van der Waals surface area (Å²) in [5.41, 5.74) is 4.90. The highest BCUT2D eigenvalue weighted by Gasteiger charge is 2.29. The lowest BCUT2D eigenvalue weighted by atomic mass is 9.86. The van der Waals surface area contributed by atoms with Crippen LogP contribution in [-0.2, 0) is 7.05 Å². The molecule has 1 N–H and O–H groups in total. The summed E-state index contributed by atoms with van der Waals surface area (Å²) < 4.78 is 1.84. The Hall–Kier alpha value is -1.81. The van der Waals surface area contributed by atoms with Gasteiger partial charge in [0.2, 0.25) is 0 Å². The van der Waals surface area contributed by atoms with Crippen LogP contribution >= 0.6 is 0 Å². The zero-order valence-corrected chi connectivity index (χ0v) is 18.5. The smallest absolute Gasteiger partial charge is 0.0564 e. The first-order chi connectivity index (χ1) is 13.5. The maximum Gasteiger partial charge on any atom is 0.0564 e. The van der Waals surface area contributed by atoms with Crippen molar-refractivity contribution in [1.29, 1.82) is 0 Å². The lowest BCUT2D eigenvalue weighted by Gasteiger charge is -2.41. The van der Waals surface area contributed by atoms with Crippen molar-refractivity contribution in [3.63, 3.8) is 0 Å². The predicted octanol–water partition coefficient (Wildman–Crippen LogP) is 5.33. The van der Waals surface area contributed by atoms with E-state index in [4.69, 9.17) is 0 Å². The number of aryl methyl sites for hydroxylation is 1. The first kappa shape index (κ1) is 22.5. The Morgan fingerprint density at radius 3 is 2.68 bits per heavy atom. The minimum Gasteiger partial charge on any atom is -0.396 e. The molecule has 2 rings (SSSR count). The molecule has 1 aliphatic heterocycles. The molecule has 2 heterocycles. The van der Waals surface area contributed by atoms with Crippen LogP contribution in [0.4, 0.5) is 0 Å². The Labute approximate surface area is 171 Å². The number of aliphatic hydroxyl groups excluding tert-OH is 1. The fourth-order valence-corrected chi connectivity index (χ4v) is 4.23. The first-order valence-electron chi connectivity index (χ1n) is 11.0. The summed E-state index contributed by atoms with van der Waals surface area (Å²) in [7, 11) is 1.95. The molecule has 156 valence electrons. The van der Waals surface area contributed by atoms with E-state index in [1.165, 1.54) is 48.9 Å². The summed E-state index contributed by atoms with van der Waals surface area (Å²) in [5.74, 6) is 0.197. The highest BCUT2D eigenvalue weighted by molar-refractivity contribution is 5.66. The molecule has 0 radical (unpaired) electrons. The van der Waals surface area contributed by atoms with Crippen LogP contribution in [0.1, 0.15) is 71.8 Å². The molecule has 0 fully saturated rings. The van der Waals surface area contributed by atoms with E-state index in [1.54, 1.807) is 0 Å². The van der Waals surface area contributed by atoms with Gasteiger partial charge in [-0.1, -0.05) is 45.3 Å². The molecule has 0 spiro atoms. The van der Waals surface area contributed by atoms with Crippen LogP contribution < -0.4 is 0 Å². The van der Waals surface area contributed by atoms with Crippen LogP contribution in [0.15, 0.2) is 41.9 Å². The molecule has 1 aliphatic rings. The van der Waals surface area contributed by atoms with Crippen LogP contribution in [0.25, 0.3) is 5.57 Å². The molecule has 28 heavy (non-hydrogen) atoms. The van der Waals surface area contributed by atoms with E-state index >= 15 is 0 Å². The lowest BCUT2D eigenvalue weighted by Crippen LogP contribution is -2.40. The van der Waals surface area contributed by atoms with E-state index in [0.717, 1.165) is 18.5 Å². The fraction of sp³-hybridized carbons (Fsp3) is 0.625. The van der Waals surface area contributed by atoms with E-state index in [1.807, 2.05) is 17.9 Å². The van der Waals surface area contributed by atoms with Gasteiger partial charge in [-0.2, -0.15) is 5.10 Å². The van der Waals surface area contributed by atoms with Gasteiger partial charge in [-0.05, 0) is 50.3 Å². The molecule has 0 amide bonds. The third-order valence-corrected chi connectivity index (χ3v) is 5.79. The monoisotopic (exact) mass is 385 g/mol. The second-order valence-electron chi connectivity index (χ2n) is 8.02. The van der Waals surface area contributed by atoms with E-state index in [-0.39, 0.29) is 12.5 Å². The molecule has 0 saturated carbocycles. The molecule has 4 heteroatoms. The summed E-state index contributed by atoms with van der Waals surface area (Å²) in [6.45, 7) is 10.0. The van der Waals surface area contributed by atoms with Gasteiger partial charge in [0, 0.05) is 43.0 Å². The number of hydrogen-bond donors (Lipinski definition) is 1. The van der Waals surface area contributed by atoms with Gasteiger partial charge < -0.3 is 10.0 Å². The van der Waals surface area contributed by atoms with Gasteiger partial charge in [-0.3, -0.25) is 4.68 Å². The largest absolute Gasteiger partial charge is 0.396 e. The predicted molar refractivity (Wildman–Crippen MR) is 119 cm³/mol. The molecule has 0 aliphatic carbocycles. The first-order valence-corrected chi connectivity index (χ1v) is 11.0.